The molecule has 5 aromatic rings. The second-order valence-corrected chi connectivity index (χ2v) is 10.5. The summed E-state index contributed by atoms with van der Waals surface area (Å²) in [6, 6.07) is 26.7. The molecule has 0 unspecified atom stereocenters. The van der Waals surface area contributed by atoms with Crippen LogP contribution in [0.4, 0.5) is 0 Å². The molecule has 0 bridgehead atoms. The number of rotatable bonds is 8. The van der Waals surface area contributed by atoms with Crippen LogP contribution in [0.1, 0.15) is 61.6 Å². The van der Waals surface area contributed by atoms with Crippen LogP contribution in [0.15, 0.2) is 84.9 Å². The third-order valence-corrected chi connectivity index (χ3v) is 7.87. The Morgan fingerprint density at radius 3 is 2.37 bits per heavy atom. The zero-order chi connectivity index (χ0) is 29.3. The Hall–Kier alpha value is -4.84. The number of methoxy groups -OCH3 is 1. The Morgan fingerprint density at radius 1 is 0.927 bits per heavy atom. The molecule has 0 saturated carbocycles. The number of carbonyl (C=O) groups excluding carboxylic acids is 1. The number of hydrogen-bond acceptors (Lipinski definition) is 3. The van der Waals surface area contributed by atoms with E-state index in [1.165, 1.54) is 0 Å². The van der Waals surface area contributed by atoms with Crippen molar-refractivity contribution in [2.75, 3.05) is 7.11 Å². The molecule has 6 nitrogen and oxygen atoms in total. The van der Waals surface area contributed by atoms with Gasteiger partial charge in [0.25, 0.3) is 5.91 Å². The Bertz CT molecular complexity index is 1770. The van der Waals surface area contributed by atoms with E-state index in [0.717, 1.165) is 50.2 Å². The number of amides is 1. The number of hydrogen-bond donors (Lipinski definition) is 2. The number of aromatic carboxylic acids is 1. The molecular formula is C35H34N2O4. The Labute approximate surface area is 240 Å². The SMILES string of the molecule is COc1cc(C)ccc1[C@@H](C)NC(=O)c1ccc2c(c1)c(C)c(C)n2Cc1ccc(-c2ccccc2C(=O)O)cc1. The zero-order valence-corrected chi connectivity index (χ0v) is 24.0. The number of carboxylic acids is 1. The maximum Gasteiger partial charge on any atom is 0.336 e. The number of benzene rings is 4. The summed E-state index contributed by atoms with van der Waals surface area (Å²) in [5.74, 6) is -0.313. The van der Waals surface area contributed by atoms with Gasteiger partial charge in [-0.3, -0.25) is 4.79 Å². The van der Waals surface area contributed by atoms with Gasteiger partial charge in [-0.1, -0.05) is 54.6 Å². The fraction of sp³-hybridized carbons (Fsp3) is 0.200. The first-order valence-electron chi connectivity index (χ1n) is 13.6. The van der Waals surface area contributed by atoms with Crippen LogP contribution in [0.25, 0.3) is 22.0 Å². The van der Waals surface area contributed by atoms with Gasteiger partial charge in [-0.15, -0.1) is 0 Å². The van der Waals surface area contributed by atoms with Crippen LogP contribution >= 0.6 is 0 Å². The van der Waals surface area contributed by atoms with Crippen molar-refractivity contribution in [3.8, 4) is 16.9 Å². The maximum absolute atomic E-state index is 13.3. The first-order valence-corrected chi connectivity index (χ1v) is 13.6. The summed E-state index contributed by atoms with van der Waals surface area (Å²) in [4.78, 5) is 24.9. The molecule has 0 aliphatic heterocycles. The van der Waals surface area contributed by atoms with Crippen LogP contribution in [-0.4, -0.2) is 28.7 Å². The highest BCUT2D eigenvalue weighted by atomic mass is 16.5. The zero-order valence-electron chi connectivity index (χ0n) is 24.0. The van der Waals surface area contributed by atoms with Gasteiger partial charge >= 0.3 is 5.97 Å². The molecule has 41 heavy (non-hydrogen) atoms. The number of nitrogens with zero attached hydrogens (tertiary/aromatic N) is 1. The minimum absolute atomic E-state index is 0.135. The number of fused-ring (bicyclic) bond motifs is 1. The Morgan fingerprint density at radius 2 is 1.66 bits per heavy atom. The first kappa shape index (κ1) is 27.7. The van der Waals surface area contributed by atoms with Crippen LogP contribution in [0.2, 0.25) is 0 Å². The van der Waals surface area contributed by atoms with Gasteiger partial charge in [0.2, 0.25) is 0 Å². The average Bonchev–Trinajstić information content (AvgIpc) is 3.21. The molecule has 1 aromatic heterocycles. The lowest BCUT2D eigenvalue weighted by Gasteiger charge is -2.18. The molecular weight excluding hydrogens is 512 g/mol. The molecule has 4 aromatic carbocycles. The van der Waals surface area contributed by atoms with Crippen molar-refractivity contribution in [3.63, 3.8) is 0 Å². The lowest BCUT2D eigenvalue weighted by molar-refractivity contribution is 0.0697. The molecule has 0 saturated heterocycles. The molecule has 2 N–H and O–H groups in total. The minimum atomic E-state index is -0.938. The number of carboxylic acid groups (broad SMARTS) is 1. The second-order valence-electron chi connectivity index (χ2n) is 10.5. The number of ether oxygens (including phenoxy) is 1. The van der Waals surface area contributed by atoms with Gasteiger partial charge in [0.1, 0.15) is 5.75 Å². The first-order chi connectivity index (χ1) is 19.7. The molecule has 5 rings (SSSR count). The van der Waals surface area contributed by atoms with E-state index in [9.17, 15) is 14.7 Å². The largest absolute Gasteiger partial charge is 0.496 e. The normalized spacial score (nSPS) is 11.8. The van der Waals surface area contributed by atoms with Crippen LogP contribution < -0.4 is 10.1 Å². The molecule has 0 spiro atoms. The summed E-state index contributed by atoms with van der Waals surface area (Å²) in [7, 11) is 1.64. The number of aryl methyl sites for hydroxylation is 2. The summed E-state index contributed by atoms with van der Waals surface area (Å²) in [5, 5.41) is 13.7. The third kappa shape index (κ3) is 5.46. The van der Waals surface area contributed by atoms with Gasteiger partial charge in [-0.25, -0.2) is 4.79 Å². The van der Waals surface area contributed by atoms with E-state index < -0.39 is 5.97 Å². The van der Waals surface area contributed by atoms with Gasteiger partial charge in [0.15, 0.2) is 0 Å². The molecule has 0 aliphatic rings. The topological polar surface area (TPSA) is 80.6 Å². The number of aromatic nitrogens is 1. The fourth-order valence-corrected chi connectivity index (χ4v) is 5.42. The van der Waals surface area contributed by atoms with Crippen molar-refractivity contribution >= 4 is 22.8 Å². The molecule has 0 fully saturated rings. The predicted octanol–water partition coefficient (Wildman–Crippen LogP) is 7.48. The van der Waals surface area contributed by atoms with Gasteiger partial charge in [0.05, 0.1) is 18.7 Å². The molecule has 6 heteroatoms. The molecule has 0 aliphatic carbocycles. The molecule has 208 valence electrons. The fourth-order valence-electron chi connectivity index (χ4n) is 5.42. The molecule has 1 atom stereocenters. The third-order valence-electron chi connectivity index (χ3n) is 7.87. The van der Waals surface area contributed by atoms with Gasteiger partial charge in [-0.2, -0.15) is 0 Å². The monoisotopic (exact) mass is 546 g/mol. The van der Waals surface area contributed by atoms with Crippen molar-refractivity contribution in [3.05, 3.63) is 124 Å². The highest BCUT2D eigenvalue weighted by Gasteiger charge is 2.18. The van der Waals surface area contributed by atoms with E-state index in [2.05, 4.69) is 23.7 Å². The lowest BCUT2D eigenvalue weighted by Crippen LogP contribution is -2.27. The van der Waals surface area contributed by atoms with Crippen LogP contribution in [0.5, 0.6) is 5.75 Å². The van der Waals surface area contributed by atoms with E-state index in [1.54, 1.807) is 19.2 Å². The van der Waals surface area contributed by atoms with Crippen molar-refractivity contribution in [2.24, 2.45) is 0 Å². The highest BCUT2D eigenvalue weighted by molar-refractivity contribution is 5.99. The molecule has 1 heterocycles. The second kappa shape index (κ2) is 11.3. The van der Waals surface area contributed by atoms with E-state index in [0.29, 0.717) is 17.7 Å². The average molecular weight is 547 g/mol. The van der Waals surface area contributed by atoms with Crippen molar-refractivity contribution in [1.82, 2.24) is 9.88 Å². The van der Waals surface area contributed by atoms with Gasteiger partial charge in [0, 0.05) is 34.3 Å². The van der Waals surface area contributed by atoms with Crippen LogP contribution in [-0.2, 0) is 6.54 Å². The smallest absolute Gasteiger partial charge is 0.336 e. The van der Waals surface area contributed by atoms with Gasteiger partial charge in [-0.05, 0) is 85.8 Å². The summed E-state index contributed by atoms with van der Waals surface area (Å²) in [6.45, 7) is 8.81. The summed E-state index contributed by atoms with van der Waals surface area (Å²) < 4.78 is 7.80. The Kier molecular flexibility index (Phi) is 7.66. The minimum Gasteiger partial charge on any atom is -0.496 e. The van der Waals surface area contributed by atoms with Crippen LogP contribution in [0.3, 0.4) is 0 Å². The van der Waals surface area contributed by atoms with Crippen molar-refractivity contribution in [1.29, 1.82) is 0 Å². The summed E-state index contributed by atoms with van der Waals surface area (Å²) >= 11 is 0. The van der Waals surface area contributed by atoms with E-state index in [1.807, 2.05) is 86.6 Å². The quantitative estimate of drug-likeness (QED) is 0.211. The standard InChI is InChI=1S/C35H34N2O4/c1-21-10-16-28(33(18-21)41-5)23(3)36-34(38)27-15-17-32-31(19-27)22(2)24(4)37(32)20-25-11-13-26(14-12-25)29-8-6-7-9-30(29)35(39)40/h6-19,23H,20H2,1-5H3,(H,36,38)(H,39,40)/t23-/m1/s1. The van der Waals surface area contributed by atoms with E-state index in [4.69, 9.17) is 4.74 Å². The van der Waals surface area contributed by atoms with Gasteiger partial charge < -0.3 is 19.7 Å². The van der Waals surface area contributed by atoms with E-state index in [-0.39, 0.29) is 17.5 Å². The van der Waals surface area contributed by atoms with Crippen molar-refractivity contribution in [2.45, 2.75) is 40.3 Å². The van der Waals surface area contributed by atoms with Crippen LogP contribution in [0, 0.1) is 20.8 Å². The lowest BCUT2D eigenvalue weighted by atomic mass is 9.99. The molecule has 1 amide bonds. The summed E-state index contributed by atoms with van der Waals surface area (Å²) in [6.07, 6.45) is 0. The maximum atomic E-state index is 13.3. The van der Waals surface area contributed by atoms with E-state index >= 15 is 0 Å². The molecule has 0 radical (unpaired) electrons. The Balaban J connectivity index is 1.38. The predicted molar refractivity (Wildman–Crippen MR) is 163 cm³/mol. The number of nitrogens with one attached hydrogen (secondary N) is 1. The summed E-state index contributed by atoms with van der Waals surface area (Å²) in [5.41, 5.74) is 8.93. The van der Waals surface area contributed by atoms with Crippen molar-refractivity contribution < 1.29 is 19.4 Å². The highest BCUT2D eigenvalue weighted by Crippen LogP contribution is 2.30. The number of carbonyl (C=O) groups is 2.